The van der Waals surface area contributed by atoms with Crippen LogP contribution in [0.4, 0.5) is 5.69 Å². The number of nitrogens with zero attached hydrogens (tertiary/aromatic N) is 3. The Hall–Kier alpha value is -2.12. The number of hydrogen-bond acceptors (Lipinski definition) is 4. The predicted octanol–water partition coefficient (Wildman–Crippen LogP) is 4.75. The van der Waals surface area contributed by atoms with Crippen LogP contribution in [0.3, 0.4) is 0 Å². The molecule has 134 valence electrons. The predicted molar refractivity (Wildman–Crippen MR) is 109 cm³/mol. The number of amides is 1. The van der Waals surface area contributed by atoms with E-state index >= 15 is 0 Å². The maximum Gasteiger partial charge on any atom is 0.237 e. The summed E-state index contributed by atoms with van der Waals surface area (Å²) in [5.74, 6) is 0.750. The molecule has 0 saturated heterocycles. The molecule has 0 radical (unpaired) electrons. The summed E-state index contributed by atoms with van der Waals surface area (Å²) in [6.07, 6.45) is 0.695. The van der Waals surface area contributed by atoms with E-state index in [1.165, 1.54) is 11.8 Å². The van der Waals surface area contributed by atoms with Crippen LogP contribution in [0.25, 0.3) is 11.4 Å². The van der Waals surface area contributed by atoms with E-state index in [-0.39, 0.29) is 11.2 Å². The van der Waals surface area contributed by atoms with Gasteiger partial charge in [0.15, 0.2) is 11.0 Å². The number of benzene rings is 2. The maximum absolute atomic E-state index is 12.6. The van der Waals surface area contributed by atoms with Gasteiger partial charge in [0.2, 0.25) is 5.91 Å². The van der Waals surface area contributed by atoms with E-state index < -0.39 is 0 Å². The Bertz CT molecular complexity index is 880. The van der Waals surface area contributed by atoms with Gasteiger partial charge < -0.3 is 9.88 Å². The summed E-state index contributed by atoms with van der Waals surface area (Å²) in [6, 6.07) is 17.4. The first-order valence-electron chi connectivity index (χ1n) is 8.26. The first-order valence-corrected chi connectivity index (χ1v) is 9.93. The SMILES string of the molecule is CC[C@H](Sc1nnc(-c2ccccc2)n1C)C(=O)Nc1ccc(Br)cc1. The summed E-state index contributed by atoms with van der Waals surface area (Å²) in [6.45, 7) is 1.99. The van der Waals surface area contributed by atoms with Gasteiger partial charge in [-0.25, -0.2) is 0 Å². The Morgan fingerprint density at radius 2 is 1.85 bits per heavy atom. The van der Waals surface area contributed by atoms with Crippen LogP contribution in [-0.4, -0.2) is 25.9 Å². The number of nitrogens with one attached hydrogen (secondary N) is 1. The fourth-order valence-corrected chi connectivity index (χ4v) is 3.65. The van der Waals surface area contributed by atoms with Crippen molar-refractivity contribution in [3.63, 3.8) is 0 Å². The summed E-state index contributed by atoms with van der Waals surface area (Å²) in [5.41, 5.74) is 1.78. The highest BCUT2D eigenvalue weighted by Gasteiger charge is 2.22. The fourth-order valence-electron chi connectivity index (χ4n) is 2.46. The van der Waals surface area contributed by atoms with Crippen molar-refractivity contribution in [1.29, 1.82) is 0 Å². The van der Waals surface area contributed by atoms with Crippen LogP contribution < -0.4 is 5.32 Å². The van der Waals surface area contributed by atoms with Crippen molar-refractivity contribution >= 4 is 39.3 Å². The lowest BCUT2D eigenvalue weighted by Gasteiger charge is -2.14. The minimum absolute atomic E-state index is 0.0379. The highest BCUT2D eigenvalue weighted by Crippen LogP contribution is 2.28. The first-order chi connectivity index (χ1) is 12.6. The minimum atomic E-state index is -0.245. The van der Waals surface area contributed by atoms with E-state index in [2.05, 4.69) is 31.4 Å². The molecule has 5 nitrogen and oxygen atoms in total. The minimum Gasteiger partial charge on any atom is -0.325 e. The molecule has 1 atom stereocenters. The molecule has 2 aromatic carbocycles. The van der Waals surface area contributed by atoms with Crippen molar-refractivity contribution in [2.45, 2.75) is 23.8 Å². The Morgan fingerprint density at radius 1 is 1.15 bits per heavy atom. The van der Waals surface area contributed by atoms with Gasteiger partial charge in [0, 0.05) is 22.8 Å². The zero-order valence-corrected chi connectivity index (χ0v) is 16.9. The third-order valence-corrected chi connectivity index (χ3v) is 5.82. The molecule has 1 amide bonds. The van der Waals surface area contributed by atoms with Gasteiger partial charge in [0.05, 0.1) is 5.25 Å². The summed E-state index contributed by atoms with van der Waals surface area (Å²) in [4.78, 5) is 12.6. The molecule has 1 heterocycles. The number of carbonyl (C=O) groups is 1. The number of halogens is 1. The lowest BCUT2D eigenvalue weighted by Crippen LogP contribution is -2.25. The first kappa shape index (κ1) is 18.7. The van der Waals surface area contributed by atoms with Crippen LogP contribution in [0.1, 0.15) is 13.3 Å². The van der Waals surface area contributed by atoms with Gasteiger partial charge in [0.25, 0.3) is 0 Å². The average molecular weight is 431 g/mol. The van der Waals surface area contributed by atoms with Crippen LogP contribution in [0.15, 0.2) is 64.2 Å². The summed E-state index contributed by atoms with van der Waals surface area (Å²) >= 11 is 4.82. The lowest BCUT2D eigenvalue weighted by atomic mass is 10.2. The van der Waals surface area contributed by atoms with Gasteiger partial charge in [0.1, 0.15) is 0 Å². The number of aromatic nitrogens is 3. The van der Waals surface area contributed by atoms with Crippen LogP contribution in [0, 0.1) is 0 Å². The zero-order chi connectivity index (χ0) is 18.5. The highest BCUT2D eigenvalue weighted by atomic mass is 79.9. The van der Waals surface area contributed by atoms with Crippen LogP contribution >= 0.6 is 27.7 Å². The largest absolute Gasteiger partial charge is 0.325 e. The number of hydrogen-bond donors (Lipinski definition) is 1. The molecule has 1 aromatic heterocycles. The van der Waals surface area contributed by atoms with Gasteiger partial charge in [-0.1, -0.05) is 64.9 Å². The molecule has 0 unspecified atom stereocenters. The molecular weight excluding hydrogens is 412 g/mol. The Morgan fingerprint density at radius 3 is 2.50 bits per heavy atom. The van der Waals surface area contributed by atoms with E-state index in [0.717, 1.165) is 26.7 Å². The van der Waals surface area contributed by atoms with Crippen LogP contribution in [0.2, 0.25) is 0 Å². The van der Waals surface area contributed by atoms with Crippen molar-refractivity contribution in [2.24, 2.45) is 7.05 Å². The summed E-state index contributed by atoms with van der Waals surface area (Å²) in [7, 11) is 1.92. The van der Waals surface area contributed by atoms with Gasteiger partial charge in [-0.15, -0.1) is 10.2 Å². The third-order valence-electron chi connectivity index (χ3n) is 3.89. The van der Waals surface area contributed by atoms with E-state index in [9.17, 15) is 4.79 Å². The molecule has 3 rings (SSSR count). The third kappa shape index (κ3) is 4.34. The summed E-state index contributed by atoms with van der Waals surface area (Å²) < 4.78 is 2.90. The van der Waals surface area contributed by atoms with Crippen LogP contribution in [0.5, 0.6) is 0 Å². The molecule has 1 N–H and O–H groups in total. The quantitative estimate of drug-likeness (QED) is 0.572. The Labute approximate surface area is 165 Å². The van der Waals surface area contributed by atoms with Crippen molar-refractivity contribution < 1.29 is 4.79 Å². The van der Waals surface area contributed by atoms with Crippen molar-refractivity contribution in [3.05, 3.63) is 59.1 Å². The van der Waals surface area contributed by atoms with Gasteiger partial charge in [-0.2, -0.15) is 0 Å². The molecule has 0 spiro atoms. The second kappa shape index (κ2) is 8.51. The zero-order valence-electron chi connectivity index (χ0n) is 14.5. The number of rotatable bonds is 6. The normalized spacial score (nSPS) is 12.0. The van der Waals surface area contributed by atoms with E-state index in [1.54, 1.807) is 0 Å². The second-order valence-corrected chi connectivity index (χ2v) is 7.83. The topological polar surface area (TPSA) is 59.8 Å². The van der Waals surface area contributed by atoms with Crippen LogP contribution in [-0.2, 0) is 11.8 Å². The monoisotopic (exact) mass is 430 g/mol. The van der Waals surface area contributed by atoms with Crippen molar-refractivity contribution in [3.8, 4) is 11.4 Å². The van der Waals surface area contributed by atoms with E-state index in [1.807, 2.05) is 73.1 Å². The number of thioether (sulfide) groups is 1. The fraction of sp³-hybridized carbons (Fsp3) is 0.211. The number of anilines is 1. The molecule has 26 heavy (non-hydrogen) atoms. The highest BCUT2D eigenvalue weighted by molar-refractivity contribution is 9.10. The Balaban J connectivity index is 1.73. The van der Waals surface area contributed by atoms with Crippen molar-refractivity contribution in [2.75, 3.05) is 5.32 Å². The van der Waals surface area contributed by atoms with Gasteiger partial charge in [-0.3, -0.25) is 4.79 Å². The van der Waals surface area contributed by atoms with Crippen molar-refractivity contribution in [1.82, 2.24) is 14.8 Å². The smallest absolute Gasteiger partial charge is 0.237 e. The molecule has 0 fully saturated rings. The molecule has 0 saturated carbocycles. The molecular formula is C19H19BrN4OS. The molecule has 7 heteroatoms. The van der Waals surface area contributed by atoms with Gasteiger partial charge in [-0.05, 0) is 30.7 Å². The second-order valence-electron chi connectivity index (χ2n) is 5.74. The standard InChI is InChI=1S/C19H19BrN4OS/c1-3-16(18(25)21-15-11-9-14(20)10-12-15)26-19-23-22-17(24(19)2)13-7-5-4-6-8-13/h4-12,16H,3H2,1-2H3,(H,21,25)/t16-/m0/s1. The maximum atomic E-state index is 12.6. The van der Waals surface area contributed by atoms with E-state index in [4.69, 9.17) is 0 Å². The Kier molecular flexibility index (Phi) is 6.11. The number of carbonyl (C=O) groups excluding carboxylic acids is 1. The molecule has 0 bridgehead atoms. The summed E-state index contributed by atoms with van der Waals surface area (Å²) in [5, 5.41) is 12.0. The molecule has 0 aliphatic carbocycles. The average Bonchev–Trinajstić information content (AvgIpc) is 3.02. The van der Waals surface area contributed by atoms with E-state index in [0.29, 0.717) is 6.42 Å². The lowest BCUT2D eigenvalue weighted by molar-refractivity contribution is -0.115. The molecule has 0 aliphatic heterocycles. The molecule has 0 aliphatic rings. The molecule has 3 aromatic rings. The van der Waals surface area contributed by atoms with Gasteiger partial charge >= 0.3 is 0 Å².